The van der Waals surface area contributed by atoms with Crippen LogP contribution in [-0.4, -0.2) is 70.0 Å². The Morgan fingerprint density at radius 1 is 0.865 bits per heavy atom. The molecular formula is C29H41NO7. The largest absolute Gasteiger partial charge is 0.493 e. The van der Waals surface area contributed by atoms with E-state index in [2.05, 4.69) is 0 Å². The van der Waals surface area contributed by atoms with Crippen molar-refractivity contribution in [1.29, 1.82) is 0 Å². The molecule has 0 aromatic heterocycles. The summed E-state index contributed by atoms with van der Waals surface area (Å²) in [6.07, 6.45) is 12.2. The number of benzene rings is 1. The molecule has 0 unspecified atom stereocenters. The standard InChI is InChI=1S/C29H41NO7/c1-33-24-19-22-20-25(27(24)34-2)36-18-17-35-15-9-4-10-16-37-29(32)23-13-7-8-14-30(23)28(31)26(22)21-11-5-3-6-12-21/h4,9,19-21,23,26H,3,5-8,10-18H2,1-2H3/b9-4+/t23-,26-/m0/s1. The Balaban J connectivity index is 1.75. The summed E-state index contributed by atoms with van der Waals surface area (Å²) in [4.78, 5) is 29.2. The second-order valence-corrected chi connectivity index (χ2v) is 10.0. The first-order chi connectivity index (χ1) is 18.1. The minimum atomic E-state index is -0.547. The van der Waals surface area contributed by atoms with Crippen LogP contribution in [0.1, 0.15) is 69.3 Å². The number of carbonyl (C=O) groups excluding carboxylic acids is 2. The van der Waals surface area contributed by atoms with E-state index in [4.69, 9.17) is 23.7 Å². The first-order valence-electron chi connectivity index (χ1n) is 13.7. The molecule has 8 heteroatoms. The molecule has 2 fully saturated rings. The number of piperidine rings is 1. The zero-order valence-corrected chi connectivity index (χ0v) is 22.2. The highest BCUT2D eigenvalue weighted by atomic mass is 16.5. The van der Waals surface area contributed by atoms with Gasteiger partial charge in [0.05, 0.1) is 40.0 Å². The SMILES string of the molecule is COc1cc2cc(c1OC)OCCOC/C=C/CCOC(=O)[C@@H]1CCCCN1C(=O)[C@H]2C1CCCCC1. The summed E-state index contributed by atoms with van der Waals surface area (Å²) in [5.41, 5.74) is 0.840. The van der Waals surface area contributed by atoms with Crippen molar-refractivity contribution in [2.75, 3.05) is 47.2 Å². The number of rotatable bonds is 3. The zero-order valence-electron chi connectivity index (χ0n) is 22.2. The molecule has 4 rings (SSSR count). The number of methoxy groups -OCH3 is 2. The van der Waals surface area contributed by atoms with E-state index in [1.54, 1.807) is 19.1 Å². The van der Waals surface area contributed by atoms with Gasteiger partial charge in [0, 0.05) is 6.54 Å². The maximum Gasteiger partial charge on any atom is 0.328 e. The molecule has 1 aromatic rings. The topological polar surface area (TPSA) is 83.5 Å². The van der Waals surface area contributed by atoms with Gasteiger partial charge in [0.2, 0.25) is 11.7 Å². The maximum atomic E-state index is 14.4. The molecule has 3 aliphatic rings. The van der Waals surface area contributed by atoms with Crippen molar-refractivity contribution in [3.8, 4) is 17.2 Å². The molecule has 1 saturated heterocycles. The Hall–Kier alpha value is -2.74. The number of carbonyl (C=O) groups is 2. The summed E-state index contributed by atoms with van der Waals surface area (Å²) in [6.45, 7) is 2.05. The molecule has 8 nitrogen and oxygen atoms in total. The third kappa shape index (κ3) is 6.78. The third-order valence-corrected chi connectivity index (χ3v) is 7.67. The highest BCUT2D eigenvalue weighted by Gasteiger charge is 2.40. The van der Waals surface area contributed by atoms with E-state index < -0.39 is 12.0 Å². The van der Waals surface area contributed by atoms with Crippen LogP contribution < -0.4 is 14.2 Å². The van der Waals surface area contributed by atoms with Gasteiger partial charge < -0.3 is 28.6 Å². The minimum absolute atomic E-state index is 0.00364. The maximum absolute atomic E-state index is 14.4. The van der Waals surface area contributed by atoms with Crippen molar-refractivity contribution in [2.24, 2.45) is 5.92 Å². The molecule has 0 spiro atoms. The van der Waals surface area contributed by atoms with Gasteiger partial charge in [0.1, 0.15) is 12.6 Å². The van der Waals surface area contributed by atoms with E-state index >= 15 is 0 Å². The average Bonchev–Trinajstić information content (AvgIpc) is 2.93. The molecule has 1 amide bonds. The lowest BCUT2D eigenvalue weighted by Gasteiger charge is -2.39. The smallest absolute Gasteiger partial charge is 0.328 e. The van der Waals surface area contributed by atoms with Crippen LogP contribution in [0.3, 0.4) is 0 Å². The van der Waals surface area contributed by atoms with Gasteiger partial charge in [-0.05, 0) is 62.1 Å². The van der Waals surface area contributed by atoms with E-state index in [1.807, 2.05) is 24.3 Å². The van der Waals surface area contributed by atoms with Gasteiger partial charge in [-0.3, -0.25) is 4.79 Å². The molecule has 204 valence electrons. The fourth-order valence-corrected chi connectivity index (χ4v) is 5.81. The molecule has 1 saturated carbocycles. The quantitative estimate of drug-likeness (QED) is 0.428. The van der Waals surface area contributed by atoms with Crippen molar-refractivity contribution >= 4 is 11.9 Å². The van der Waals surface area contributed by atoms with Crippen molar-refractivity contribution in [3.63, 3.8) is 0 Å². The van der Waals surface area contributed by atoms with Crippen molar-refractivity contribution in [3.05, 3.63) is 29.8 Å². The van der Waals surface area contributed by atoms with Gasteiger partial charge in [0.25, 0.3) is 0 Å². The predicted octanol–water partition coefficient (Wildman–Crippen LogP) is 4.65. The third-order valence-electron chi connectivity index (χ3n) is 7.67. The molecule has 1 aromatic carbocycles. The van der Waals surface area contributed by atoms with Crippen molar-refractivity contribution in [2.45, 2.75) is 69.7 Å². The molecule has 2 aliphatic heterocycles. The zero-order chi connectivity index (χ0) is 26.0. The second kappa shape index (κ2) is 13.7. The van der Waals surface area contributed by atoms with Crippen LogP contribution >= 0.6 is 0 Å². The predicted molar refractivity (Wildman–Crippen MR) is 139 cm³/mol. The summed E-state index contributed by atoms with van der Waals surface area (Å²) in [5, 5.41) is 0. The highest BCUT2D eigenvalue weighted by Crippen LogP contribution is 2.45. The van der Waals surface area contributed by atoms with Crippen molar-refractivity contribution < 1.29 is 33.3 Å². The molecule has 0 N–H and O–H groups in total. The van der Waals surface area contributed by atoms with Gasteiger partial charge in [-0.1, -0.05) is 31.4 Å². The number of ether oxygens (including phenoxy) is 5. The number of amides is 1. The molecule has 2 atom stereocenters. The van der Waals surface area contributed by atoms with E-state index in [0.29, 0.717) is 63.1 Å². The van der Waals surface area contributed by atoms with E-state index in [-0.39, 0.29) is 17.8 Å². The fourth-order valence-electron chi connectivity index (χ4n) is 5.81. The number of nitrogens with zero attached hydrogens (tertiary/aromatic N) is 1. The lowest BCUT2D eigenvalue weighted by molar-refractivity contribution is -0.158. The van der Waals surface area contributed by atoms with Gasteiger partial charge in [-0.2, -0.15) is 0 Å². The van der Waals surface area contributed by atoms with Crippen LogP contribution in [0.15, 0.2) is 24.3 Å². The summed E-state index contributed by atoms with van der Waals surface area (Å²) in [6, 6.07) is 3.27. The first kappa shape index (κ1) is 27.3. The van der Waals surface area contributed by atoms with Crippen molar-refractivity contribution in [1.82, 2.24) is 4.90 Å². The van der Waals surface area contributed by atoms with Gasteiger partial charge in [-0.15, -0.1) is 0 Å². The first-order valence-corrected chi connectivity index (χ1v) is 13.7. The van der Waals surface area contributed by atoms with Crippen LogP contribution in [0.5, 0.6) is 17.2 Å². The normalized spacial score (nSPS) is 25.6. The fraction of sp³-hybridized carbons (Fsp3) is 0.655. The monoisotopic (exact) mass is 515 g/mol. The van der Waals surface area contributed by atoms with E-state index in [1.165, 1.54) is 6.42 Å². The van der Waals surface area contributed by atoms with Gasteiger partial charge in [-0.25, -0.2) is 4.79 Å². The molecule has 37 heavy (non-hydrogen) atoms. The number of esters is 1. The number of hydrogen-bond donors (Lipinski definition) is 0. The summed E-state index contributed by atoms with van der Waals surface area (Å²) in [5.74, 6) is 1.03. The number of cyclic esters (lactones) is 1. The van der Waals surface area contributed by atoms with Crippen LogP contribution in [0.2, 0.25) is 0 Å². The van der Waals surface area contributed by atoms with Gasteiger partial charge in [0.15, 0.2) is 11.5 Å². The molecule has 1 aliphatic carbocycles. The molecule has 2 heterocycles. The highest BCUT2D eigenvalue weighted by molar-refractivity contribution is 5.89. The lowest BCUT2D eigenvalue weighted by Crippen LogP contribution is -2.51. The summed E-state index contributed by atoms with van der Waals surface area (Å²) < 4.78 is 28.7. The van der Waals surface area contributed by atoms with Crippen LogP contribution in [0.4, 0.5) is 0 Å². The Kier molecular flexibility index (Phi) is 10.1. The Bertz CT molecular complexity index is 940. The Morgan fingerprint density at radius 2 is 1.68 bits per heavy atom. The average molecular weight is 516 g/mol. The summed E-state index contributed by atoms with van der Waals surface area (Å²) in [7, 11) is 3.17. The van der Waals surface area contributed by atoms with Crippen LogP contribution in [0, 0.1) is 5.92 Å². The summed E-state index contributed by atoms with van der Waals surface area (Å²) >= 11 is 0. The molecule has 2 bridgehead atoms. The van der Waals surface area contributed by atoms with Crippen LogP contribution in [-0.2, 0) is 19.1 Å². The molecular weight excluding hydrogens is 474 g/mol. The Labute approximate surface area is 220 Å². The van der Waals surface area contributed by atoms with Crippen LogP contribution in [0.25, 0.3) is 0 Å². The van der Waals surface area contributed by atoms with Gasteiger partial charge >= 0.3 is 5.97 Å². The lowest BCUT2D eigenvalue weighted by atomic mass is 9.75. The minimum Gasteiger partial charge on any atom is -0.493 e. The number of hydrogen-bond acceptors (Lipinski definition) is 7. The second-order valence-electron chi connectivity index (χ2n) is 10.0. The van der Waals surface area contributed by atoms with E-state index in [9.17, 15) is 9.59 Å². The van der Waals surface area contributed by atoms with E-state index in [0.717, 1.165) is 44.1 Å². The molecule has 0 radical (unpaired) electrons. The number of fused-ring (bicyclic) bond motifs is 3. The Morgan fingerprint density at radius 3 is 2.46 bits per heavy atom.